The summed E-state index contributed by atoms with van der Waals surface area (Å²) in [7, 11) is 0. The van der Waals surface area contributed by atoms with Gasteiger partial charge in [0.1, 0.15) is 11.6 Å². The fourth-order valence-corrected chi connectivity index (χ4v) is 2.94. The molecule has 21 heavy (non-hydrogen) atoms. The molecule has 6 heteroatoms. The molecule has 106 valence electrons. The van der Waals surface area contributed by atoms with E-state index in [2.05, 4.69) is 11.1 Å². The second-order valence-electron chi connectivity index (χ2n) is 4.45. The number of benzene rings is 1. The highest BCUT2D eigenvalue weighted by Crippen LogP contribution is 2.33. The van der Waals surface area contributed by atoms with Gasteiger partial charge in [-0.25, -0.2) is 9.37 Å². The Bertz CT molecular complexity index is 715. The molecule has 0 radical (unpaired) electrons. The molecule has 0 saturated carbocycles. The van der Waals surface area contributed by atoms with E-state index in [0.29, 0.717) is 23.7 Å². The molecule has 0 bridgehead atoms. The van der Waals surface area contributed by atoms with Gasteiger partial charge in [-0.15, -0.1) is 11.8 Å². The van der Waals surface area contributed by atoms with Crippen molar-refractivity contribution in [2.75, 3.05) is 6.79 Å². The predicted octanol–water partition coefficient (Wildman–Crippen LogP) is 3.25. The summed E-state index contributed by atoms with van der Waals surface area (Å²) < 4.78 is 24.2. The number of halogens is 1. The van der Waals surface area contributed by atoms with E-state index < -0.39 is 0 Å². The maximum absolute atomic E-state index is 13.6. The molecule has 1 aromatic carbocycles. The number of thioether (sulfide) groups is 1. The van der Waals surface area contributed by atoms with Crippen molar-refractivity contribution >= 4 is 11.8 Å². The summed E-state index contributed by atoms with van der Waals surface area (Å²) in [6.45, 7) is 0.533. The van der Waals surface area contributed by atoms with Crippen molar-refractivity contribution < 1.29 is 13.9 Å². The quantitative estimate of drug-likeness (QED) is 0.815. The minimum Gasteiger partial charge on any atom is -0.467 e. The molecule has 0 saturated heterocycles. The third-order valence-electron chi connectivity index (χ3n) is 2.99. The van der Waals surface area contributed by atoms with Gasteiger partial charge >= 0.3 is 0 Å². The Balaban J connectivity index is 1.82. The third-order valence-corrected chi connectivity index (χ3v) is 3.97. The summed E-state index contributed by atoms with van der Waals surface area (Å²) >= 11 is 1.43. The molecule has 0 unspecified atom stereocenters. The molecule has 1 aromatic heterocycles. The highest BCUT2D eigenvalue weighted by atomic mass is 32.2. The first-order valence-electron chi connectivity index (χ1n) is 6.27. The smallest absolute Gasteiger partial charge is 0.189 e. The van der Waals surface area contributed by atoms with Gasteiger partial charge in [0.05, 0.1) is 23.3 Å². The summed E-state index contributed by atoms with van der Waals surface area (Å²) in [4.78, 5) is 4.19. The molecule has 0 fully saturated rings. The number of nitriles is 1. The monoisotopic (exact) mass is 302 g/mol. The van der Waals surface area contributed by atoms with Crippen LogP contribution in [0.15, 0.2) is 35.5 Å². The predicted molar refractivity (Wildman–Crippen MR) is 75.2 cm³/mol. The first kappa shape index (κ1) is 13.9. The zero-order valence-corrected chi connectivity index (χ0v) is 11.8. The Morgan fingerprint density at radius 2 is 2.29 bits per heavy atom. The number of fused-ring (bicyclic) bond motifs is 1. The highest BCUT2D eigenvalue weighted by Gasteiger charge is 2.17. The van der Waals surface area contributed by atoms with Crippen LogP contribution in [0.1, 0.15) is 16.7 Å². The van der Waals surface area contributed by atoms with Crippen molar-refractivity contribution in [1.82, 2.24) is 4.98 Å². The van der Waals surface area contributed by atoms with E-state index in [1.54, 1.807) is 18.3 Å². The van der Waals surface area contributed by atoms with Crippen LogP contribution in [0.2, 0.25) is 0 Å². The fraction of sp³-hybridized carbons (Fsp3) is 0.200. The van der Waals surface area contributed by atoms with Gasteiger partial charge in [-0.05, 0) is 24.3 Å². The maximum atomic E-state index is 13.6. The molecule has 0 aliphatic carbocycles. The average Bonchev–Trinajstić information content (AvgIpc) is 2.52. The van der Waals surface area contributed by atoms with E-state index in [9.17, 15) is 4.39 Å². The molecule has 4 nitrogen and oxygen atoms in total. The first-order valence-corrected chi connectivity index (χ1v) is 7.25. The highest BCUT2D eigenvalue weighted by molar-refractivity contribution is 7.98. The number of hydrogen-bond donors (Lipinski definition) is 0. The van der Waals surface area contributed by atoms with Crippen molar-refractivity contribution in [3.63, 3.8) is 0 Å². The molecule has 0 spiro atoms. The van der Waals surface area contributed by atoms with Crippen molar-refractivity contribution in [3.05, 3.63) is 53.0 Å². The van der Waals surface area contributed by atoms with Crippen LogP contribution in [0.4, 0.5) is 4.39 Å². The van der Waals surface area contributed by atoms with Crippen LogP contribution >= 0.6 is 11.8 Å². The standard InChI is InChI=1S/C15H11FN2O2S/c16-13-4-11-7-19-9-20-15(11)12(5-13)8-21-14-3-10(6-17)1-2-18-14/h1-5H,7-9H2. The summed E-state index contributed by atoms with van der Waals surface area (Å²) in [6, 6.07) is 8.32. The summed E-state index contributed by atoms with van der Waals surface area (Å²) in [6.07, 6.45) is 1.59. The van der Waals surface area contributed by atoms with Gasteiger partial charge in [-0.2, -0.15) is 5.26 Å². The zero-order chi connectivity index (χ0) is 14.7. The molecule has 2 aromatic rings. The van der Waals surface area contributed by atoms with E-state index >= 15 is 0 Å². The van der Waals surface area contributed by atoms with Crippen LogP contribution in [-0.4, -0.2) is 11.8 Å². The second-order valence-corrected chi connectivity index (χ2v) is 5.44. The normalized spacial score (nSPS) is 13.1. The van der Waals surface area contributed by atoms with E-state index in [1.165, 1.54) is 23.9 Å². The molecule has 0 N–H and O–H groups in total. The number of rotatable bonds is 3. The molecule has 3 rings (SSSR count). The van der Waals surface area contributed by atoms with Crippen molar-refractivity contribution in [1.29, 1.82) is 5.26 Å². The van der Waals surface area contributed by atoms with Crippen LogP contribution in [0.25, 0.3) is 0 Å². The Kier molecular flexibility index (Phi) is 4.04. The summed E-state index contributed by atoms with van der Waals surface area (Å²) in [5, 5.41) is 9.59. The molecular formula is C15H11FN2O2S. The molecular weight excluding hydrogens is 291 g/mol. The van der Waals surface area contributed by atoms with Gasteiger partial charge in [0.25, 0.3) is 0 Å². The maximum Gasteiger partial charge on any atom is 0.189 e. The van der Waals surface area contributed by atoms with Crippen molar-refractivity contribution in [2.24, 2.45) is 0 Å². The topological polar surface area (TPSA) is 55.1 Å². The van der Waals surface area contributed by atoms with Crippen LogP contribution in [0.3, 0.4) is 0 Å². The summed E-state index contributed by atoms with van der Waals surface area (Å²) in [5.74, 6) is 0.894. The van der Waals surface area contributed by atoms with E-state index in [1.807, 2.05) is 0 Å². The van der Waals surface area contributed by atoms with Crippen LogP contribution in [0, 0.1) is 17.1 Å². The molecule has 1 aliphatic rings. The van der Waals surface area contributed by atoms with Gasteiger partial charge in [-0.1, -0.05) is 0 Å². The van der Waals surface area contributed by atoms with Gasteiger partial charge < -0.3 is 9.47 Å². The lowest BCUT2D eigenvalue weighted by Gasteiger charge is -2.20. The number of nitrogens with zero attached hydrogens (tertiary/aromatic N) is 2. The van der Waals surface area contributed by atoms with E-state index in [4.69, 9.17) is 14.7 Å². The minimum absolute atomic E-state index is 0.179. The molecule has 1 aliphatic heterocycles. The molecule has 0 atom stereocenters. The Morgan fingerprint density at radius 1 is 1.38 bits per heavy atom. The van der Waals surface area contributed by atoms with E-state index in [-0.39, 0.29) is 12.6 Å². The lowest BCUT2D eigenvalue weighted by Crippen LogP contribution is -2.13. The minimum atomic E-state index is -0.308. The van der Waals surface area contributed by atoms with Crippen LogP contribution in [0.5, 0.6) is 5.75 Å². The fourth-order valence-electron chi connectivity index (χ4n) is 2.07. The largest absolute Gasteiger partial charge is 0.467 e. The third kappa shape index (κ3) is 3.15. The van der Waals surface area contributed by atoms with Crippen molar-refractivity contribution in [3.8, 4) is 11.8 Å². The number of pyridine rings is 1. The van der Waals surface area contributed by atoms with Crippen LogP contribution in [-0.2, 0) is 17.1 Å². The van der Waals surface area contributed by atoms with Gasteiger partial charge in [-0.3, -0.25) is 0 Å². The molecule has 0 amide bonds. The van der Waals surface area contributed by atoms with Gasteiger partial charge in [0, 0.05) is 23.1 Å². The Hall–Kier alpha value is -2.10. The summed E-state index contributed by atoms with van der Waals surface area (Å²) in [5.41, 5.74) is 2.04. The number of hydrogen-bond acceptors (Lipinski definition) is 5. The van der Waals surface area contributed by atoms with Crippen LogP contribution < -0.4 is 4.74 Å². The van der Waals surface area contributed by atoms with E-state index in [0.717, 1.165) is 16.2 Å². The van der Waals surface area contributed by atoms with Gasteiger partial charge in [0.15, 0.2) is 6.79 Å². The zero-order valence-electron chi connectivity index (χ0n) is 11.0. The lowest BCUT2D eigenvalue weighted by atomic mass is 10.1. The first-order chi connectivity index (χ1) is 10.3. The SMILES string of the molecule is N#Cc1ccnc(SCc2cc(F)cc3c2OCOC3)c1. The van der Waals surface area contributed by atoms with Crippen molar-refractivity contribution in [2.45, 2.75) is 17.4 Å². The molecule has 2 heterocycles. The number of aromatic nitrogens is 1. The Labute approximate surface area is 125 Å². The van der Waals surface area contributed by atoms with Gasteiger partial charge in [0.2, 0.25) is 0 Å². The second kappa shape index (κ2) is 6.12. The Morgan fingerprint density at radius 3 is 3.14 bits per heavy atom. The number of ether oxygens (including phenoxy) is 2. The average molecular weight is 302 g/mol. The lowest BCUT2D eigenvalue weighted by molar-refractivity contribution is -0.0171.